The molecule has 0 unspecified atom stereocenters. The van der Waals surface area contributed by atoms with Crippen LogP contribution in [0.25, 0.3) is 104 Å². The lowest BCUT2D eigenvalue weighted by atomic mass is 9.91. The van der Waals surface area contributed by atoms with Gasteiger partial charge in [0.05, 0.1) is 11.0 Å². The molecule has 0 N–H and O–H groups in total. The van der Waals surface area contributed by atoms with E-state index in [1.54, 1.807) is 0 Å². The number of fused-ring (bicyclic) bond motifs is 6. The van der Waals surface area contributed by atoms with Crippen LogP contribution in [0.1, 0.15) is 11.1 Å². The van der Waals surface area contributed by atoms with Crippen LogP contribution in [0.4, 0.5) is 0 Å². The fraction of sp³-hybridized carbons (Fsp3) is 0.0377. The first-order valence-electron chi connectivity index (χ1n) is 19.6. The first-order chi connectivity index (χ1) is 28.6. The van der Waals surface area contributed by atoms with Gasteiger partial charge in [0.2, 0.25) is 0 Å². The van der Waals surface area contributed by atoms with Gasteiger partial charge in [-0.25, -0.2) is 15.0 Å². The Morgan fingerprint density at radius 2 is 0.879 bits per heavy atom. The molecule has 0 spiro atoms. The second-order valence-electron chi connectivity index (χ2n) is 15.0. The number of para-hydroxylation sites is 1. The van der Waals surface area contributed by atoms with Crippen LogP contribution in [0.3, 0.4) is 0 Å². The summed E-state index contributed by atoms with van der Waals surface area (Å²) in [6.45, 7) is 4.38. The van der Waals surface area contributed by atoms with Gasteiger partial charge < -0.3 is 4.57 Å². The first kappa shape index (κ1) is 34.1. The fourth-order valence-electron chi connectivity index (χ4n) is 8.36. The Morgan fingerprint density at radius 1 is 0.362 bits per heavy atom. The monoisotopic (exact) mass is 760 g/mol. The second-order valence-corrected chi connectivity index (χ2v) is 16.0. The fourth-order valence-corrected chi connectivity index (χ4v) is 9.45. The second kappa shape index (κ2) is 13.8. The molecule has 0 bridgehead atoms. The predicted octanol–water partition coefficient (Wildman–Crippen LogP) is 14.3. The maximum absolute atomic E-state index is 5.03. The van der Waals surface area contributed by atoms with Gasteiger partial charge >= 0.3 is 0 Å². The third-order valence-corrected chi connectivity index (χ3v) is 12.5. The summed E-state index contributed by atoms with van der Waals surface area (Å²) in [5.74, 6) is 1.96. The number of benzene rings is 8. The topological polar surface area (TPSA) is 43.6 Å². The minimum Gasteiger partial charge on any atom is -0.309 e. The van der Waals surface area contributed by atoms with Crippen molar-refractivity contribution in [1.82, 2.24) is 19.5 Å². The lowest BCUT2D eigenvalue weighted by Gasteiger charge is -2.15. The molecule has 11 aromatic rings. The molecule has 274 valence electrons. The molecule has 3 aromatic heterocycles. The Labute approximate surface area is 340 Å². The molecule has 4 nitrogen and oxygen atoms in total. The molecule has 0 aliphatic rings. The average molecular weight is 761 g/mol. The largest absolute Gasteiger partial charge is 0.309 e. The van der Waals surface area contributed by atoms with Crippen LogP contribution in [0.5, 0.6) is 0 Å². The van der Waals surface area contributed by atoms with Crippen LogP contribution in [-0.4, -0.2) is 19.5 Å². The summed E-state index contributed by atoms with van der Waals surface area (Å²) in [7, 11) is 0. The molecule has 0 amide bonds. The number of rotatable bonds is 6. The number of hydrogen-bond acceptors (Lipinski definition) is 4. The zero-order valence-electron chi connectivity index (χ0n) is 32.0. The summed E-state index contributed by atoms with van der Waals surface area (Å²) in [4.78, 5) is 15.0. The zero-order valence-corrected chi connectivity index (χ0v) is 32.8. The van der Waals surface area contributed by atoms with Gasteiger partial charge in [-0.05, 0) is 102 Å². The molecule has 5 heteroatoms. The average Bonchev–Trinajstić information content (AvgIpc) is 3.82. The van der Waals surface area contributed by atoms with Gasteiger partial charge in [0.25, 0.3) is 0 Å². The third-order valence-electron chi connectivity index (χ3n) is 11.3. The van der Waals surface area contributed by atoms with Gasteiger partial charge in [-0.2, -0.15) is 0 Å². The van der Waals surface area contributed by atoms with Crippen molar-refractivity contribution < 1.29 is 0 Å². The number of thiophene rings is 1. The molecule has 0 radical (unpaired) electrons. The first-order valence-corrected chi connectivity index (χ1v) is 20.4. The Morgan fingerprint density at radius 3 is 1.59 bits per heavy atom. The molecule has 58 heavy (non-hydrogen) atoms. The minimum absolute atomic E-state index is 0.649. The summed E-state index contributed by atoms with van der Waals surface area (Å²) >= 11 is 1.86. The third kappa shape index (κ3) is 5.78. The standard InChI is InChI=1S/C53H36N4S/c1-33-21-23-37(29-43(33)44-31-39(24-22-34(44)2)53-55-51(35-13-5-3-6-14-35)54-52(56-53)36-15-7-4-8-16-36)38-25-27-48-45(30-38)41-17-9-11-19-47(41)57(48)40-26-28-50-46(32-40)42-18-10-12-20-49(42)58-50/h3-32H,1-2H3. The highest BCUT2D eigenvalue weighted by Crippen LogP contribution is 2.40. The van der Waals surface area contributed by atoms with E-state index in [1.165, 1.54) is 75.5 Å². The van der Waals surface area contributed by atoms with E-state index in [0.29, 0.717) is 17.5 Å². The normalized spacial score (nSPS) is 11.6. The molecule has 0 aliphatic carbocycles. The Hall–Kier alpha value is -7.21. The van der Waals surface area contributed by atoms with Crippen LogP contribution in [0.15, 0.2) is 182 Å². The van der Waals surface area contributed by atoms with Gasteiger partial charge in [0.15, 0.2) is 17.5 Å². The van der Waals surface area contributed by atoms with Crippen molar-refractivity contribution in [1.29, 1.82) is 0 Å². The maximum atomic E-state index is 5.03. The van der Waals surface area contributed by atoms with Crippen molar-refractivity contribution in [3.05, 3.63) is 193 Å². The predicted molar refractivity (Wildman–Crippen MR) is 244 cm³/mol. The molecule has 3 heterocycles. The van der Waals surface area contributed by atoms with Crippen LogP contribution in [0.2, 0.25) is 0 Å². The van der Waals surface area contributed by atoms with E-state index >= 15 is 0 Å². The van der Waals surface area contributed by atoms with Gasteiger partial charge in [-0.15, -0.1) is 11.3 Å². The molecular weight excluding hydrogens is 725 g/mol. The van der Waals surface area contributed by atoms with E-state index in [2.05, 4.69) is 140 Å². The summed E-state index contributed by atoms with van der Waals surface area (Å²) in [5.41, 5.74) is 13.5. The van der Waals surface area contributed by atoms with Crippen LogP contribution in [0, 0.1) is 13.8 Å². The number of nitrogens with zero attached hydrogens (tertiary/aromatic N) is 4. The summed E-state index contributed by atoms with van der Waals surface area (Å²) in [5, 5.41) is 5.09. The quantitative estimate of drug-likeness (QED) is 0.169. The summed E-state index contributed by atoms with van der Waals surface area (Å²) in [6, 6.07) is 65.0. The van der Waals surface area contributed by atoms with Crippen molar-refractivity contribution in [3.8, 4) is 62.1 Å². The number of hydrogen-bond donors (Lipinski definition) is 0. The van der Waals surface area contributed by atoms with E-state index < -0.39 is 0 Å². The summed E-state index contributed by atoms with van der Waals surface area (Å²) < 4.78 is 5.05. The van der Waals surface area contributed by atoms with E-state index in [1.807, 2.05) is 72.0 Å². The van der Waals surface area contributed by atoms with Crippen LogP contribution < -0.4 is 0 Å². The molecule has 0 fully saturated rings. The van der Waals surface area contributed by atoms with Crippen molar-refractivity contribution >= 4 is 53.3 Å². The highest BCUT2D eigenvalue weighted by atomic mass is 32.1. The van der Waals surface area contributed by atoms with Crippen molar-refractivity contribution in [2.24, 2.45) is 0 Å². The van der Waals surface area contributed by atoms with Crippen molar-refractivity contribution in [2.75, 3.05) is 0 Å². The van der Waals surface area contributed by atoms with Crippen molar-refractivity contribution in [3.63, 3.8) is 0 Å². The maximum Gasteiger partial charge on any atom is 0.164 e. The van der Waals surface area contributed by atoms with Crippen LogP contribution in [-0.2, 0) is 0 Å². The highest BCUT2D eigenvalue weighted by molar-refractivity contribution is 7.25. The zero-order chi connectivity index (χ0) is 38.7. The minimum atomic E-state index is 0.649. The SMILES string of the molecule is Cc1ccc(-c2ccc3c(c2)c2ccccc2n3-c2ccc3sc4ccccc4c3c2)cc1-c1cc(-c2nc(-c3ccccc3)nc(-c3ccccc3)n2)ccc1C. The van der Waals surface area contributed by atoms with E-state index in [-0.39, 0.29) is 0 Å². The number of aromatic nitrogens is 4. The van der Waals surface area contributed by atoms with Crippen molar-refractivity contribution in [2.45, 2.75) is 13.8 Å². The molecular formula is C53H36N4S. The van der Waals surface area contributed by atoms with Gasteiger partial charge in [0, 0.05) is 53.3 Å². The Balaban J connectivity index is 1.02. The molecule has 8 aromatic carbocycles. The smallest absolute Gasteiger partial charge is 0.164 e. The van der Waals surface area contributed by atoms with Gasteiger partial charge in [-0.3, -0.25) is 0 Å². The highest BCUT2D eigenvalue weighted by Gasteiger charge is 2.18. The van der Waals surface area contributed by atoms with Gasteiger partial charge in [-0.1, -0.05) is 127 Å². The Bertz CT molecular complexity index is 3300. The van der Waals surface area contributed by atoms with Gasteiger partial charge in [0.1, 0.15) is 0 Å². The molecule has 0 aliphatic heterocycles. The lowest BCUT2D eigenvalue weighted by molar-refractivity contribution is 1.07. The molecule has 0 saturated heterocycles. The van der Waals surface area contributed by atoms with E-state index in [9.17, 15) is 0 Å². The molecule has 11 rings (SSSR count). The lowest BCUT2D eigenvalue weighted by Crippen LogP contribution is -2.00. The summed E-state index contributed by atoms with van der Waals surface area (Å²) in [6.07, 6.45) is 0. The molecule has 0 saturated carbocycles. The van der Waals surface area contributed by atoms with E-state index in [0.717, 1.165) is 22.3 Å². The van der Waals surface area contributed by atoms with Crippen LogP contribution >= 0.6 is 11.3 Å². The number of aryl methyl sites for hydroxylation is 2. The van der Waals surface area contributed by atoms with E-state index in [4.69, 9.17) is 15.0 Å². The molecule has 0 atom stereocenters. The Kier molecular flexibility index (Phi) is 8.09.